The van der Waals surface area contributed by atoms with Crippen molar-refractivity contribution in [2.24, 2.45) is 5.84 Å². The minimum atomic E-state index is -0.250. The molecule has 3 N–H and O–H groups in total. The number of nitrogens with two attached hydrogens (primary N) is 1. The molecule has 1 rings (SSSR count). The van der Waals surface area contributed by atoms with Crippen LogP contribution < -0.4 is 11.3 Å². The van der Waals surface area contributed by atoms with E-state index in [-0.39, 0.29) is 12.0 Å². The van der Waals surface area contributed by atoms with Crippen molar-refractivity contribution in [3.8, 4) is 0 Å². The predicted octanol–water partition coefficient (Wildman–Crippen LogP) is 0.849. The zero-order chi connectivity index (χ0) is 9.84. The molecule has 13 heavy (non-hydrogen) atoms. The van der Waals surface area contributed by atoms with Gasteiger partial charge >= 0.3 is 0 Å². The van der Waals surface area contributed by atoms with E-state index in [4.69, 9.17) is 5.84 Å². The highest BCUT2D eigenvalue weighted by molar-refractivity contribution is 5.19. The third-order valence-electron chi connectivity index (χ3n) is 1.84. The summed E-state index contributed by atoms with van der Waals surface area (Å²) in [5.74, 6) is 5.09. The minimum Gasteiger partial charge on any atom is -0.289 e. The van der Waals surface area contributed by atoms with Crippen LogP contribution in [0.4, 0.5) is 4.39 Å². The molecule has 0 saturated heterocycles. The molecule has 72 valence electrons. The molecular formula is C9H14FN3. The summed E-state index contributed by atoms with van der Waals surface area (Å²) < 4.78 is 12.8. The van der Waals surface area contributed by atoms with Crippen LogP contribution in [-0.2, 0) is 0 Å². The third kappa shape index (κ3) is 2.48. The van der Waals surface area contributed by atoms with Gasteiger partial charge in [-0.05, 0) is 31.8 Å². The van der Waals surface area contributed by atoms with Crippen LogP contribution in [0.1, 0.15) is 11.7 Å². The van der Waals surface area contributed by atoms with Gasteiger partial charge in [0.05, 0.1) is 6.17 Å². The lowest BCUT2D eigenvalue weighted by Crippen LogP contribution is -2.37. The largest absolute Gasteiger partial charge is 0.289 e. The second-order valence-corrected chi connectivity index (χ2v) is 3.09. The van der Waals surface area contributed by atoms with Crippen molar-refractivity contribution in [1.82, 2.24) is 10.3 Å². The summed E-state index contributed by atoms with van der Waals surface area (Å²) in [5.41, 5.74) is 3.42. The average Bonchev–Trinajstić information content (AvgIpc) is 2.04. The summed E-state index contributed by atoms with van der Waals surface area (Å²) in [6, 6.07) is 6.36. The molecule has 0 spiro atoms. The molecule has 0 aliphatic rings. The molecule has 0 aromatic heterocycles. The molecule has 0 heterocycles. The fraction of sp³-hybridized carbons (Fsp3) is 0.333. The second kappa shape index (κ2) is 4.32. The number of halogens is 1. The molecule has 0 radical (unpaired) electrons. The summed E-state index contributed by atoms with van der Waals surface area (Å²) in [6.45, 7) is 0. The van der Waals surface area contributed by atoms with Gasteiger partial charge in [0, 0.05) is 0 Å². The molecule has 0 saturated carbocycles. The van der Waals surface area contributed by atoms with Crippen LogP contribution in [0, 0.1) is 5.82 Å². The summed E-state index contributed by atoms with van der Waals surface area (Å²) in [7, 11) is 3.74. The number of nitrogens with one attached hydrogen (secondary N) is 1. The van der Waals surface area contributed by atoms with Gasteiger partial charge in [-0.3, -0.25) is 10.7 Å². The zero-order valence-electron chi connectivity index (χ0n) is 7.79. The number of hydrogen-bond donors (Lipinski definition) is 2. The van der Waals surface area contributed by atoms with Crippen molar-refractivity contribution in [1.29, 1.82) is 0 Å². The molecule has 0 amide bonds. The molecule has 1 unspecified atom stereocenters. The first-order valence-electron chi connectivity index (χ1n) is 4.03. The van der Waals surface area contributed by atoms with E-state index in [1.165, 1.54) is 12.1 Å². The molecular weight excluding hydrogens is 169 g/mol. The molecule has 1 aromatic rings. The van der Waals surface area contributed by atoms with E-state index >= 15 is 0 Å². The Bertz CT molecular complexity index is 275. The second-order valence-electron chi connectivity index (χ2n) is 3.09. The van der Waals surface area contributed by atoms with Gasteiger partial charge in [-0.2, -0.15) is 0 Å². The maximum absolute atomic E-state index is 12.8. The highest BCUT2D eigenvalue weighted by Crippen LogP contribution is 2.14. The quantitative estimate of drug-likeness (QED) is 0.414. The van der Waals surface area contributed by atoms with Crippen LogP contribution >= 0.6 is 0 Å². The van der Waals surface area contributed by atoms with Gasteiger partial charge in [-0.25, -0.2) is 9.82 Å². The van der Waals surface area contributed by atoms with Crippen LogP contribution in [-0.4, -0.2) is 19.0 Å². The van der Waals surface area contributed by atoms with Gasteiger partial charge in [-0.1, -0.05) is 12.1 Å². The Balaban J connectivity index is 2.91. The van der Waals surface area contributed by atoms with E-state index in [1.54, 1.807) is 6.07 Å². The lowest BCUT2D eigenvalue weighted by Gasteiger charge is -2.23. The van der Waals surface area contributed by atoms with Crippen molar-refractivity contribution >= 4 is 0 Å². The van der Waals surface area contributed by atoms with E-state index < -0.39 is 0 Å². The van der Waals surface area contributed by atoms with Crippen LogP contribution in [0.25, 0.3) is 0 Å². The molecule has 1 atom stereocenters. The predicted molar refractivity (Wildman–Crippen MR) is 50.2 cm³/mol. The Hall–Kier alpha value is -0.970. The van der Waals surface area contributed by atoms with Gasteiger partial charge in [0.25, 0.3) is 0 Å². The Kier molecular flexibility index (Phi) is 3.36. The van der Waals surface area contributed by atoms with E-state index in [0.717, 1.165) is 5.56 Å². The standard InChI is InChI=1S/C9H14FN3/c1-13(2)9(12-11)7-4-3-5-8(10)6-7/h3-6,9,12H,11H2,1-2H3. The molecule has 1 aromatic carbocycles. The fourth-order valence-corrected chi connectivity index (χ4v) is 1.22. The van der Waals surface area contributed by atoms with Crippen molar-refractivity contribution in [2.75, 3.05) is 14.1 Å². The lowest BCUT2D eigenvalue weighted by molar-refractivity contribution is 0.252. The Labute approximate surface area is 77.3 Å². The van der Waals surface area contributed by atoms with Crippen LogP contribution in [0.2, 0.25) is 0 Å². The fourth-order valence-electron chi connectivity index (χ4n) is 1.22. The summed E-state index contributed by atoms with van der Waals surface area (Å²) >= 11 is 0. The summed E-state index contributed by atoms with van der Waals surface area (Å²) in [5, 5.41) is 0. The molecule has 0 aliphatic carbocycles. The number of hydrogen-bond acceptors (Lipinski definition) is 3. The third-order valence-corrected chi connectivity index (χ3v) is 1.84. The first kappa shape index (κ1) is 10.1. The van der Waals surface area contributed by atoms with Gasteiger partial charge in [-0.15, -0.1) is 0 Å². The van der Waals surface area contributed by atoms with E-state index in [0.29, 0.717) is 0 Å². The van der Waals surface area contributed by atoms with Crippen LogP contribution in [0.5, 0.6) is 0 Å². The number of nitrogens with zero attached hydrogens (tertiary/aromatic N) is 1. The van der Waals surface area contributed by atoms with Crippen molar-refractivity contribution < 1.29 is 4.39 Å². The van der Waals surface area contributed by atoms with E-state index in [9.17, 15) is 4.39 Å². The minimum absolute atomic E-state index is 0.157. The Morgan fingerprint density at radius 3 is 2.62 bits per heavy atom. The van der Waals surface area contributed by atoms with Gasteiger partial charge in [0.15, 0.2) is 0 Å². The van der Waals surface area contributed by atoms with Crippen LogP contribution in [0.15, 0.2) is 24.3 Å². The van der Waals surface area contributed by atoms with Gasteiger partial charge < -0.3 is 0 Å². The van der Waals surface area contributed by atoms with Crippen molar-refractivity contribution in [2.45, 2.75) is 6.17 Å². The zero-order valence-corrected chi connectivity index (χ0v) is 7.79. The average molecular weight is 183 g/mol. The van der Waals surface area contributed by atoms with Gasteiger partial charge in [0.1, 0.15) is 5.82 Å². The molecule has 0 aliphatic heterocycles. The first-order chi connectivity index (χ1) is 6.15. The first-order valence-corrected chi connectivity index (χ1v) is 4.03. The maximum Gasteiger partial charge on any atom is 0.123 e. The normalized spacial score (nSPS) is 13.3. The Morgan fingerprint density at radius 2 is 2.15 bits per heavy atom. The lowest BCUT2D eigenvalue weighted by atomic mass is 10.1. The molecule has 0 bridgehead atoms. The van der Waals surface area contributed by atoms with Crippen molar-refractivity contribution in [3.63, 3.8) is 0 Å². The number of benzene rings is 1. The van der Waals surface area contributed by atoms with Crippen molar-refractivity contribution in [3.05, 3.63) is 35.6 Å². The summed E-state index contributed by atoms with van der Waals surface area (Å²) in [6.07, 6.45) is -0.157. The molecule has 0 fully saturated rings. The smallest absolute Gasteiger partial charge is 0.123 e. The highest BCUT2D eigenvalue weighted by Gasteiger charge is 2.11. The van der Waals surface area contributed by atoms with Gasteiger partial charge in [0.2, 0.25) is 0 Å². The summed E-state index contributed by atoms with van der Waals surface area (Å²) in [4.78, 5) is 1.87. The highest BCUT2D eigenvalue weighted by atomic mass is 19.1. The number of hydrazine groups is 1. The molecule has 4 heteroatoms. The Morgan fingerprint density at radius 1 is 1.46 bits per heavy atom. The topological polar surface area (TPSA) is 41.3 Å². The van der Waals surface area contributed by atoms with E-state index in [2.05, 4.69) is 5.43 Å². The monoisotopic (exact) mass is 183 g/mol. The van der Waals surface area contributed by atoms with E-state index in [1.807, 2.05) is 25.1 Å². The van der Waals surface area contributed by atoms with Crippen LogP contribution in [0.3, 0.4) is 0 Å². The number of rotatable bonds is 3. The maximum atomic E-state index is 12.8. The SMILES string of the molecule is CN(C)C(NN)c1cccc(F)c1. The molecule has 3 nitrogen and oxygen atoms in total.